The van der Waals surface area contributed by atoms with E-state index >= 15 is 0 Å². The zero-order valence-electron chi connectivity index (χ0n) is 11.4. The number of aliphatic hydroxyl groups is 1. The molecule has 2 rings (SSSR count). The van der Waals surface area contributed by atoms with Crippen molar-refractivity contribution >= 4 is 0 Å². The van der Waals surface area contributed by atoms with Crippen molar-refractivity contribution in [3.8, 4) is 0 Å². The van der Waals surface area contributed by atoms with Gasteiger partial charge in [-0.2, -0.15) is 0 Å². The maximum atomic E-state index is 9.66. The molecule has 0 aromatic carbocycles. The van der Waals surface area contributed by atoms with E-state index in [9.17, 15) is 5.11 Å². The van der Waals surface area contributed by atoms with Crippen molar-refractivity contribution in [2.45, 2.75) is 38.9 Å². The van der Waals surface area contributed by atoms with E-state index in [1.54, 1.807) is 0 Å². The van der Waals surface area contributed by atoms with Gasteiger partial charge in [-0.05, 0) is 24.5 Å². The van der Waals surface area contributed by atoms with E-state index < -0.39 is 0 Å². The van der Waals surface area contributed by atoms with E-state index in [0.29, 0.717) is 12.0 Å². The molecule has 1 aromatic heterocycles. The molecule has 3 heteroatoms. The summed E-state index contributed by atoms with van der Waals surface area (Å²) in [6, 6.07) is 4.89. The van der Waals surface area contributed by atoms with E-state index in [4.69, 9.17) is 0 Å². The van der Waals surface area contributed by atoms with Gasteiger partial charge in [0, 0.05) is 31.0 Å². The molecule has 0 radical (unpaired) electrons. The highest BCUT2D eigenvalue weighted by Gasteiger charge is 2.32. The molecular formula is C15H24N2O. The SMILES string of the molecule is C=CC[C@@H]1c2cccn2CCN1[C@H](CO)C(C)C. The molecular weight excluding hydrogens is 224 g/mol. The number of fused-ring (bicyclic) bond motifs is 1. The molecule has 1 aromatic rings. The van der Waals surface area contributed by atoms with Crippen LogP contribution >= 0.6 is 0 Å². The van der Waals surface area contributed by atoms with Gasteiger partial charge in [0.1, 0.15) is 0 Å². The Balaban J connectivity index is 2.28. The normalized spacial score (nSPS) is 21.9. The molecule has 0 spiro atoms. The monoisotopic (exact) mass is 248 g/mol. The van der Waals surface area contributed by atoms with Gasteiger partial charge in [0.2, 0.25) is 0 Å². The van der Waals surface area contributed by atoms with Crippen LogP contribution in [0.2, 0.25) is 0 Å². The van der Waals surface area contributed by atoms with Gasteiger partial charge in [0.05, 0.1) is 12.6 Å². The summed E-state index contributed by atoms with van der Waals surface area (Å²) >= 11 is 0. The lowest BCUT2D eigenvalue weighted by molar-refractivity contribution is 0.0370. The molecule has 18 heavy (non-hydrogen) atoms. The predicted molar refractivity (Wildman–Crippen MR) is 74.4 cm³/mol. The minimum atomic E-state index is 0.228. The molecule has 0 fully saturated rings. The zero-order chi connectivity index (χ0) is 13.1. The second-order valence-corrected chi connectivity index (χ2v) is 5.40. The van der Waals surface area contributed by atoms with Crippen LogP contribution in [0.15, 0.2) is 31.0 Å². The Hall–Kier alpha value is -1.06. The Morgan fingerprint density at radius 2 is 2.28 bits per heavy atom. The van der Waals surface area contributed by atoms with Crippen LogP contribution in [-0.2, 0) is 6.54 Å². The smallest absolute Gasteiger partial charge is 0.0589 e. The minimum Gasteiger partial charge on any atom is -0.395 e. The van der Waals surface area contributed by atoms with Crippen molar-refractivity contribution in [1.29, 1.82) is 0 Å². The topological polar surface area (TPSA) is 28.4 Å². The van der Waals surface area contributed by atoms with Gasteiger partial charge in [-0.1, -0.05) is 19.9 Å². The average Bonchev–Trinajstić information content (AvgIpc) is 2.80. The molecule has 0 unspecified atom stereocenters. The van der Waals surface area contributed by atoms with Gasteiger partial charge in [-0.25, -0.2) is 0 Å². The fraction of sp³-hybridized carbons (Fsp3) is 0.600. The average molecular weight is 248 g/mol. The number of rotatable bonds is 5. The van der Waals surface area contributed by atoms with Crippen LogP contribution in [0.4, 0.5) is 0 Å². The predicted octanol–water partition coefficient (Wildman–Crippen LogP) is 2.44. The highest BCUT2D eigenvalue weighted by molar-refractivity contribution is 5.16. The van der Waals surface area contributed by atoms with Crippen LogP contribution in [0.3, 0.4) is 0 Å². The Kier molecular flexibility index (Phi) is 4.25. The Bertz CT molecular complexity index is 397. The summed E-state index contributed by atoms with van der Waals surface area (Å²) in [6.07, 6.45) is 5.06. The van der Waals surface area contributed by atoms with Gasteiger partial charge in [0.15, 0.2) is 0 Å². The third kappa shape index (κ3) is 2.38. The molecule has 2 atom stereocenters. The Labute approximate surface area is 110 Å². The first-order valence-electron chi connectivity index (χ1n) is 6.81. The molecule has 1 aliphatic heterocycles. The molecule has 1 aliphatic rings. The van der Waals surface area contributed by atoms with Crippen LogP contribution in [0.5, 0.6) is 0 Å². The van der Waals surface area contributed by atoms with Crippen LogP contribution in [-0.4, -0.2) is 33.8 Å². The highest BCUT2D eigenvalue weighted by Crippen LogP contribution is 2.32. The molecule has 0 amide bonds. The number of hydrogen-bond acceptors (Lipinski definition) is 2. The van der Waals surface area contributed by atoms with E-state index in [1.807, 2.05) is 6.08 Å². The first-order chi connectivity index (χ1) is 8.69. The van der Waals surface area contributed by atoms with E-state index in [2.05, 4.69) is 48.2 Å². The van der Waals surface area contributed by atoms with E-state index in [1.165, 1.54) is 5.69 Å². The van der Waals surface area contributed by atoms with Crippen LogP contribution < -0.4 is 0 Å². The van der Waals surface area contributed by atoms with Crippen molar-refractivity contribution in [1.82, 2.24) is 9.47 Å². The summed E-state index contributed by atoms with van der Waals surface area (Å²) in [5, 5.41) is 9.66. The second-order valence-electron chi connectivity index (χ2n) is 5.40. The van der Waals surface area contributed by atoms with E-state index in [-0.39, 0.29) is 12.6 Å². The van der Waals surface area contributed by atoms with Crippen molar-refractivity contribution in [3.63, 3.8) is 0 Å². The lowest BCUT2D eigenvalue weighted by Gasteiger charge is -2.42. The molecule has 0 aliphatic carbocycles. The van der Waals surface area contributed by atoms with Gasteiger partial charge >= 0.3 is 0 Å². The molecule has 0 saturated carbocycles. The number of aliphatic hydroxyl groups excluding tert-OH is 1. The molecule has 3 nitrogen and oxygen atoms in total. The van der Waals surface area contributed by atoms with Crippen LogP contribution in [0.1, 0.15) is 32.0 Å². The molecule has 0 saturated heterocycles. The fourth-order valence-corrected chi connectivity index (χ4v) is 2.99. The third-order valence-corrected chi connectivity index (χ3v) is 3.98. The maximum absolute atomic E-state index is 9.66. The summed E-state index contributed by atoms with van der Waals surface area (Å²) in [4.78, 5) is 2.45. The highest BCUT2D eigenvalue weighted by atomic mass is 16.3. The summed E-state index contributed by atoms with van der Waals surface area (Å²) in [5.74, 6) is 0.462. The Morgan fingerprint density at radius 3 is 2.89 bits per heavy atom. The number of aromatic nitrogens is 1. The summed E-state index contributed by atoms with van der Waals surface area (Å²) in [5.41, 5.74) is 1.35. The van der Waals surface area contributed by atoms with Crippen LogP contribution in [0.25, 0.3) is 0 Å². The van der Waals surface area contributed by atoms with Crippen LogP contribution in [0, 0.1) is 5.92 Å². The largest absolute Gasteiger partial charge is 0.395 e. The molecule has 0 bridgehead atoms. The summed E-state index contributed by atoms with van der Waals surface area (Å²) in [6.45, 7) is 10.5. The van der Waals surface area contributed by atoms with Gasteiger partial charge in [-0.3, -0.25) is 4.90 Å². The summed E-state index contributed by atoms with van der Waals surface area (Å²) < 4.78 is 2.32. The van der Waals surface area contributed by atoms with Crippen molar-refractivity contribution in [3.05, 3.63) is 36.7 Å². The quantitative estimate of drug-likeness (QED) is 0.811. The standard InChI is InChI=1S/C15H24N2O/c1-4-6-14-13-7-5-8-16(13)9-10-17(14)15(11-18)12(2)3/h4-5,7-8,12,14-15,18H,1,6,9-11H2,2-3H3/t14-,15-/m1/s1. The van der Waals surface area contributed by atoms with Crippen molar-refractivity contribution in [2.75, 3.05) is 13.2 Å². The number of hydrogen-bond donors (Lipinski definition) is 1. The molecule has 100 valence electrons. The van der Waals surface area contributed by atoms with Gasteiger partial charge < -0.3 is 9.67 Å². The molecule has 2 heterocycles. The summed E-state index contributed by atoms with van der Waals surface area (Å²) in [7, 11) is 0. The lowest BCUT2D eigenvalue weighted by Crippen LogP contribution is -2.48. The zero-order valence-corrected chi connectivity index (χ0v) is 11.4. The first-order valence-corrected chi connectivity index (χ1v) is 6.81. The molecule has 1 N–H and O–H groups in total. The maximum Gasteiger partial charge on any atom is 0.0589 e. The fourth-order valence-electron chi connectivity index (χ4n) is 2.99. The lowest BCUT2D eigenvalue weighted by atomic mass is 9.97. The van der Waals surface area contributed by atoms with Crippen molar-refractivity contribution in [2.24, 2.45) is 5.92 Å². The third-order valence-electron chi connectivity index (χ3n) is 3.98. The van der Waals surface area contributed by atoms with Crippen molar-refractivity contribution < 1.29 is 5.11 Å². The van der Waals surface area contributed by atoms with Gasteiger partial charge in [0.25, 0.3) is 0 Å². The second kappa shape index (κ2) is 5.72. The Morgan fingerprint density at radius 1 is 1.50 bits per heavy atom. The van der Waals surface area contributed by atoms with Gasteiger partial charge in [-0.15, -0.1) is 6.58 Å². The number of nitrogens with zero attached hydrogens (tertiary/aromatic N) is 2. The van der Waals surface area contributed by atoms with E-state index in [0.717, 1.165) is 19.5 Å². The minimum absolute atomic E-state index is 0.228. The first kappa shape index (κ1) is 13.4.